The lowest BCUT2D eigenvalue weighted by Crippen LogP contribution is -2.31. The first-order valence-corrected chi connectivity index (χ1v) is 8.97. The predicted octanol–water partition coefficient (Wildman–Crippen LogP) is 3.10. The van der Waals surface area contributed by atoms with Crippen molar-refractivity contribution < 1.29 is 9.53 Å². The van der Waals surface area contributed by atoms with Crippen molar-refractivity contribution in [3.8, 4) is 5.88 Å². The summed E-state index contributed by atoms with van der Waals surface area (Å²) < 4.78 is 5.85. The van der Waals surface area contributed by atoms with Crippen LogP contribution < -0.4 is 10.1 Å². The number of Topliss-reactive ketones (excluding diaryl/α,β-unsaturated/α-hetero) is 1. The van der Waals surface area contributed by atoms with Crippen molar-refractivity contribution >= 4 is 16.8 Å². The topological polar surface area (TPSA) is 79.9 Å². The van der Waals surface area contributed by atoms with Gasteiger partial charge in [-0.25, -0.2) is 0 Å². The molecule has 0 bridgehead atoms. The summed E-state index contributed by atoms with van der Waals surface area (Å²) in [5.41, 5.74) is 1.11. The van der Waals surface area contributed by atoms with E-state index in [0.29, 0.717) is 29.6 Å². The number of ether oxygens (including phenoxy) is 1. The minimum Gasteiger partial charge on any atom is -0.474 e. The number of nitrogens with one attached hydrogen (secondary N) is 2. The van der Waals surface area contributed by atoms with Crippen LogP contribution in [0, 0.1) is 5.92 Å². The van der Waals surface area contributed by atoms with Crippen LogP contribution in [-0.2, 0) is 0 Å². The van der Waals surface area contributed by atoms with Gasteiger partial charge in [0.05, 0.1) is 6.10 Å². The molecule has 1 atom stereocenters. The van der Waals surface area contributed by atoms with Crippen LogP contribution in [0.25, 0.3) is 11.0 Å². The molecule has 0 aliphatic carbocycles. The van der Waals surface area contributed by atoms with Crippen molar-refractivity contribution in [1.82, 2.24) is 20.5 Å². The molecule has 1 saturated heterocycles. The summed E-state index contributed by atoms with van der Waals surface area (Å²) in [5.74, 6) is 1.09. The Balaban J connectivity index is 1.74. The summed E-state index contributed by atoms with van der Waals surface area (Å²) in [4.78, 5) is 17.0. The molecule has 1 unspecified atom stereocenters. The summed E-state index contributed by atoms with van der Waals surface area (Å²) in [6.07, 6.45) is 4.84. The lowest BCUT2D eigenvalue weighted by Gasteiger charge is -2.21. The van der Waals surface area contributed by atoms with Gasteiger partial charge in [0.1, 0.15) is 5.69 Å². The molecule has 0 spiro atoms. The first kappa shape index (κ1) is 16.9. The molecule has 3 heterocycles. The Morgan fingerprint density at radius 2 is 2.21 bits per heavy atom. The number of hydrogen-bond acceptors (Lipinski definition) is 5. The summed E-state index contributed by atoms with van der Waals surface area (Å²) >= 11 is 0. The number of carbonyl (C=O) groups is 1. The minimum atomic E-state index is 0.113. The Hall–Kier alpha value is -1.95. The fourth-order valence-corrected chi connectivity index (χ4v) is 3.25. The molecule has 6 heteroatoms. The van der Waals surface area contributed by atoms with Gasteiger partial charge in [-0.05, 0) is 50.8 Å². The number of pyridine rings is 1. The number of H-pyrrole nitrogens is 1. The zero-order valence-corrected chi connectivity index (χ0v) is 14.5. The Bertz CT molecular complexity index is 687. The third kappa shape index (κ3) is 3.75. The van der Waals surface area contributed by atoms with Gasteiger partial charge in [-0.1, -0.05) is 13.8 Å². The van der Waals surface area contributed by atoms with Gasteiger partial charge in [0, 0.05) is 17.9 Å². The maximum Gasteiger partial charge on any atom is 0.215 e. The average molecular weight is 330 g/mol. The molecule has 24 heavy (non-hydrogen) atoms. The molecular weight excluding hydrogens is 304 g/mol. The zero-order chi connectivity index (χ0) is 16.9. The van der Waals surface area contributed by atoms with Gasteiger partial charge in [-0.15, -0.1) is 0 Å². The molecule has 0 aromatic carbocycles. The number of rotatable bonds is 7. The molecule has 2 aromatic rings. The number of carbonyl (C=O) groups excluding carboxylic acids is 1. The number of aromatic amines is 1. The smallest absolute Gasteiger partial charge is 0.215 e. The quantitative estimate of drug-likeness (QED) is 0.763. The predicted molar refractivity (Wildman–Crippen MR) is 93.4 cm³/mol. The first-order chi connectivity index (χ1) is 11.7. The molecular formula is C18H26N4O2. The van der Waals surface area contributed by atoms with Crippen LogP contribution in [0.3, 0.4) is 0 Å². The minimum absolute atomic E-state index is 0.113. The van der Waals surface area contributed by atoms with Crippen molar-refractivity contribution in [3.63, 3.8) is 0 Å². The van der Waals surface area contributed by atoms with Gasteiger partial charge >= 0.3 is 0 Å². The van der Waals surface area contributed by atoms with E-state index in [-0.39, 0.29) is 11.9 Å². The molecule has 1 aliphatic rings. The van der Waals surface area contributed by atoms with Gasteiger partial charge < -0.3 is 10.1 Å². The number of nitrogens with zero attached hydrogens (tertiary/aromatic N) is 2. The van der Waals surface area contributed by atoms with Crippen molar-refractivity contribution in [2.45, 2.75) is 52.1 Å². The third-order valence-corrected chi connectivity index (χ3v) is 4.74. The highest BCUT2D eigenvalue weighted by Crippen LogP contribution is 2.23. The van der Waals surface area contributed by atoms with E-state index in [2.05, 4.69) is 34.3 Å². The number of ketones is 1. The molecule has 0 saturated carbocycles. The highest BCUT2D eigenvalue weighted by atomic mass is 16.5. The van der Waals surface area contributed by atoms with Crippen LogP contribution in [0.1, 0.15) is 56.4 Å². The molecule has 3 rings (SSSR count). The lowest BCUT2D eigenvalue weighted by atomic mass is 9.93. The van der Waals surface area contributed by atoms with Gasteiger partial charge in [0.2, 0.25) is 5.88 Å². The monoisotopic (exact) mass is 330 g/mol. The molecule has 1 aliphatic heterocycles. The number of hydrogen-bond donors (Lipinski definition) is 2. The molecule has 0 radical (unpaired) electrons. The highest BCUT2D eigenvalue weighted by Gasteiger charge is 2.21. The van der Waals surface area contributed by atoms with Crippen LogP contribution in [0.4, 0.5) is 0 Å². The fourth-order valence-electron chi connectivity index (χ4n) is 3.25. The Morgan fingerprint density at radius 3 is 2.92 bits per heavy atom. The molecule has 2 aromatic heterocycles. The number of piperidine rings is 1. The molecule has 0 amide bonds. The Morgan fingerprint density at radius 1 is 1.38 bits per heavy atom. The van der Waals surface area contributed by atoms with E-state index in [1.165, 1.54) is 0 Å². The highest BCUT2D eigenvalue weighted by molar-refractivity contribution is 6.05. The summed E-state index contributed by atoms with van der Waals surface area (Å²) in [6, 6.07) is 3.71. The van der Waals surface area contributed by atoms with Gasteiger partial charge in [0.25, 0.3) is 0 Å². The van der Waals surface area contributed by atoms with Gasteiger partial charge in [-0.2, -0.15) is 10.1 Å². The van der Waals surface area contributed by atoms with Crippen LogP contribution in [-0.4, -0.2) is 40.2 Å². The maximum absolute atomic E-state index is 12.6. The average Bonchev–Trinajstić information content (AvgIpc) is 3.03. The van der Waals surface area contributed by atoms with Gasteiger partial charge in [0.15, 0.2) is 11.4 Å². The second kappa shape index (κ2) is 7.75. The zero-order valence-electron chi connectivity index (χ0n) is 14.5. The van der Waals surface area contributed by atoms with E-state index in [1.807, 2.05) is 12.1 Å². The van der Waals surface area contributed by atoms with E-state index in [9.17, 15) is 4.79 Å². The summed E-state index contributed by atoms with van der Waals surface area (Å²) in [5, 5.41) is 11.2. The largest absolute Gasteiger partial charge is 0.474 e. The molecule has 2 N–H and O–H groups in total. The Labute approximate surface area is 142 Å². The van der Waals surface area contributed by atoms with Crippen LogP contribution in [0.2, 0.25) is 0 Å². The van der Waals surface area contributed by atoms with E-state index in [4.69, 9.17) is 4.74 Å². The second-order valence-corrected chi connectivity index (χ2v) is 6.52. The summed E-state index contributed by atoms with van der Waals surface area (Å²) in [6.45, 7) is 6.17. The molecule has 6 nitrogen and oxygen atoms in total. The third-order valence-electron chi connectivity index (χ3n) is 4.74. The normalized spacial score (nSPS) is 18.2. The number of aromatic nitrogens is 3. The van der Waals surface area contributed by atoms with Crippen LogP contribution >= 0.6 is 0 Å². The van der Waals surface area contributed by atoms with Crippen LogP contribution in [0.15, 0.2) is 12.1 Å². The van der Waals surface area contributed by atoms with Crippen molar-refractivity contribution in [2.75, 3.05) is 13.1 Å². The summed E-state index contributed by atoms with van der Waals surface area (Å²) in [7, 11) is 0. The fraction of sp³-hybridized carbons (Fsp3) is 0.611. The maximum atomic E-state index is 12.6. The van der Waals surface area contributed by atoms with E-state index >= 15 is 0 Å². The van der Waals surface area contributed by atoms with Crippen molar-refractivity contribution in [3.05, 3.63) is 17.8 Å². The van der Waals surface area contributed by atoms with E-state index in [1.54, 1.807) is 0 Å². The lowest BCUT2D eigenvalue weighted by molar-refractivity contribution is 0.0950. The van der Waals surface area contributed by atoms with Gasteiger partial charge in [-0.3, -0.25) is 9.89 Å². The standard InChI is InChI=1S/C18H26N4O2/c1-3-13(4-2)24-16-8-7-14-17(21-22-18(14)20-16)15(23)10-12-6-5-9-19-11-12/h7-8,12-13,19H,3-6,9-11H2,1-2H3,(H,20,21,22). The first-order valence-electron chi connectivity index (χ1n) is 8.97. The van der Waals surface area contributed by atoms with E-state index in [0.717, 1.165) is 44.2 Å². The second-order valence-electron chi connectivity index (χ2n) is 6.52. The van der Waals surface area contributed by atoms with Crippen LogP contribution in [0.5, 0.6) is 5.88 Å². The SMILES string of the molecule is CCC(CC)Oc1ccc2c(C(=O)CC3CCCNC3)[nH]nc2n1. The Kier molecular flexibility index (Phi) is 5.45. The number of fused-ring (bicyclic) bond motifs is 1. The van der Waals surface area contributed by atoms with Crippen molar-refractivity contribution in [1.29, 1.82) is 0 Å². The molecule has 1 fully saturated rings. The molecule has 130 valence electrons. The van der Waals surface area contributed by atoms with Crippen molar-refractivity contribution in [2.24, 2.45) is 5.92 Å². The van der Waals surface area contributed by atoms with E-state index < -0.39 is 0 Å².